The van der Waals surface area contributed by atoms with E-state index in [1.807, 2.05) is 13.8 Å². The molecule has 0 aromatic carbocycles. The lowest BCUT2D eigenvalue weighted by Crippen LogP contribution is -2.39. The number of carbonyl (C=O) groups is 1. The number of aromatic nitrogens is 2. The van der Waals surface area contributed by atoms with E-state index in [2.05, 4.69) is 15.3 Å². The third kappa shape index (κ3) is 4.67. The Morgan fingerprint density at radius 1 is 1.30 bits per heavy atom. The predicted molar refractivity (Wildman–Crippen MR) is 111 cm³/mol. The van der Waals surface area contributed by atoms with Gasteiger partial charge in [0.15, 0.2) is 5.84 Å². The van der Waals surface area contributed by atoms with Gasteiger partial charge in [-0.05, 0) is 49.6 Å². The van der Waals surface area contributed by atoms with Gasteiger partial charge in [-0.1, -0.05) is 6.07 Å². The van der Waals surface area contributed by atoms with Crippen molar-refractivity contribution < 1.29 is 15.0 Å². The predicted octanol–water partition coefficient (Wildman–Crippen LogP) is 0.998. The summed E-state index contributed by atoms with van der Waals surface area (Å²) >= 11 is 0. The van der Waals surface area contributed by atoms with E-state index < -0.39 is 12.3 Å². The average molecular weight is 411 g/mol. The van der Waals surface area contributed by atoms with Crippen LogP contribution in [0, 0.1) is 10.8 Å². The molecule has 5 N–H and O–H groups in total. The van der Waals surface area contributed by atoms with Crippen LogP contribution in [-0.2, 0) is 13.0 Å². The molecule has 30 heavy (non-hydrogen) atoms. The lowest BCUT2D eigenvalue weighted by atomic mass is 10.0. The highest BCUT2D eigenvalue weighted by Crippen LogP contribution is 2.20. The van der Waals surface area contributed by atoms with Crippen molar-refractivity contribution in [3.8, 4) is 0 Å². The molecule has 1 aliphatic rings. The Balaban J connectivity index is 1.76. The summed E-state index contributed by atoms with van der Waals surface area (Å²) in [5, 5.41) is 37.2. The van der Waals surface area contributed by atoms with Gasteiger partial charge >= 0.3 is 0 Å². The fourth-order valence-corrected chi connectivity index (χ4v) is 3.20. The van der Waals surface area contributed by atoms with Crippen molar-refractivity contribution in [2.75, 3.05) is 11.9 Å². The number of amides is 1. The molecule has 0 radical (unpaired) electrons. The van der Waals surface area contributed by atoms with Gasteiger partial charge in [-0.15, -0.1) is 0 Å². The van der Waals surface area contributed by atoms with Crippen molar-refractivity contribution in [2.45, 2.75) is 39.3 Å². The Morgan fingerprint density at radius 2 is 2.07 bits per heavy atom. The highest BCUT2D eigenvalue weighted by molar-refractivity contribution is 6.04. The van der Waals surface area contributed by atoms with E-state index in [0.29, 0.717) is 25.2 Å². The number of aliphatic hydroxyl groups excluding tert-OH is 1. The molecule has 2 aromatic heterocycles. The summed E-state index contributed by atoms with van der Waals surface area (Å²) in [6.45, 7) is 4.55. The summed E-state index contributed by atoms with van der Waals surface area (Å²) in [6.07, 6.45) is 1.78. The molecule has 1 amide bonds. The van der Waals surface area contributed by atoms with Crippen molar-refractivity contribution in [2.24, 2.45) is 0 Å². The molecule has 0 atom stereocenters. The number of fused-ring (bicyclic) bond motifs is 1. The van der Waals surface area contributed by atoms with Crippen LogP contribution >= 0.6 is 0 Å². The molecular weight excluding hydrogens is 386 g/mol. The van der Waals surface area contributed by atoms with Gasteiger partial charge in [0.05, 0.1) is 6.34 Å². The van der Waals surface area contributed by atoms with Gasteiger partial charge in [0.2, 0.25) is 6.41 Å². The monoisotopic (exact) mass is 411 g/mol. The molecule has 0 fully saturated rings. The van der Waals surface area contributed by atoms with Crippen molar-refractivity contribution in [3.05, 3.63) is 53.0 Å². The van der Waals surface area contributed by atoms with E-state index in [1.165, 1.54) is 9.80 Å². The summed E-state index contributed by atoms with van der Waals surface area (Å²) in [6, 6.07) is 6.49. The Labute approximate surface area is 174 Å². The molecule has 2 aromatic rings. The van der Waals surface area contributed by atoms with Gasteiger partial charge in [-0.2, -0.15) is 0 Å². The van der Waals surface area contributed by atoms with Crippen LogP contribution < -0.4 is 5.32 Å². The van der Waals surface area contributed by atoms with E-state index in [-0.39, 0.29) is 23.4 Å². The van der Waals surface area contributed by atoms with E-state index in [1.54, 1.807) is 30.5 Å². The van der Waals surface area contributed by atoms with Crippen LogP contribution in [0.25, 0.3) is 0 Å². The van der Waals surface area contributed by atoms with Crippen LogP contribution in [0.2, 0.25) is 0 Å². The molecule has 0 saturated heterocycles. The highest BCUT2D eigenvalue weighted by Gasteiger charge is 2.22. The zero-order valence-electron chi connectivity index (χ0n) is 16.8. The minimum absolute atomic E-state index is 0.0608. The van der Waals surface area contributed by atoms with Crippen LogP contribution in [0.5, 0.6) is 0 Å². The van der Waals surface area contributed by atoms with Gasteiger partial charge in [0.25, 0.3) is 5.91 Å². The van der Waals surface area contributed by atoms with Crippen LogP contribution in [0.15, 0.2) is 30.5 Å². The molecule has 0 spiro atoms. The average Bonchev–Trinajstić information content (AvgIpc) is 2.73. The van der Waals surface area contributed by atoms with E-state index in [9.17, 15) is 15.0 Å². The zero-order chi connectivity index (χ0) is 21.8. The molecule has 3 rings (SSSR count). The second kappa shape index (κ2) is 9.08. The topological polar surface area (TPSA) is 150 Å². The van der Waals surface area contributed by atoms with Crippen LogP contribution in [0.1, 0.15) is 41.2 Å². The second-order valence-electron chi connectivity index (χ2n) is 7.25. The molecule has 10 heteroatoms. The van der Waals surface area contributed by atoms with Crippen molar-refractivity contribution >= 4 is 23.9 Å². The normalized spacial score (nSPS) is 13.8. The Hall–Kier alpha value is -3.21. The SMILES string of the molecule is CC(C)N(C=N)C(=N)c1cccc(NC(=O)c2cc3c(cn2)CCN(C(O)O)C3)n1. The maximum atomic E-state index is 12.7. The van der Waals surface area contributed by atoms with Crippen LogP contribution in [0.3, 0.4) is 0 Å². The highest BCUT2D eigenvalue weighted by atomic mass is 16.5. The number of amidine groups is 1. The van der Waals surface area contributed by atoms with Gasteiger partial charge < -0.3 is 20.4 Å². The fraction of sp³-hybridized carbons (Fsp3) is 0.350. The Bertz CT molecular complexity index is 961. The first-order valence-electron chi connectivity index (χ1n) is 9.54. The summed E-state index contributed by atoms with van der Waals surface area (Å²) in [7, 11) is 0. The van der Waals surface area contributed by atoms with E-state index >= 15 is 0 Å². The third-order valence-corrected chi connectivity index (χ3v) is 4.87. The lowest BCUT2D eigenvalue weighted by molar-refractivity contribution is -0.160. The minimum Gasteiger partial charge on any atom is -0.356 e. The number of nitrogens with zero attached hydrogens (tertiary/aromatic N) is 4. The maximum Gasteiger partial charge on any atom is 0.275 e. The van der Waals surface area contributed by atoms with Crippen LogP contribution in [0.4, 0.5) is 5.82 Å². The lowest BCUT2D eigenvalue weighted by Gasteiger charge is -2.29. The first kappa shape index (κ1) is 21.5. The Kier molecular flexibility index (Phi) is 6.50. The number of aliphatic hydroxyl groups is 2. The summed E-state index contributed by atoms with van der Waals surface area (Å²) in [5.74, 6) is -0.128. The summed E-state index contributed by atoms with van der Waals surface area (Å²) < 4.78 is 0. The van der Waals surface area contributed by atoms with Crippen molar-refractivity contribution in [1.29, 1.82) is 10.8 Å². The molecule has 0 saturated carbocycles. The number of pyridine rings is 2. The molecule has 0 unspecified atom stereocenters. The summed E-state index contributed by atoms with van der Waals surface area (Å²) in [4.78, 5) is 24.1. The largest absolute Gasteiger partial charge is 0.356 e. The molecule has 1 aliphatic heterocycles. The van der Waals surface area contributed by atoms with Crippen molar-refractivity contribution in [1.82, 2.24) is 19.8 Å². The number of carbonyl (C=O) groups excluding carboxylic acids is 1. The summed E-state index contributed by atoms with van der Waals surface area (Å²) in [5.41, 5.74) is 2.30. The minimum atomic E-state index is -1.54. The molecule has 0 bridgehead atoms. The maximum absolute atomic E-state index is 12.7. The first-order chi connectivity index (χ1) is 14.3. The van der Waals surface area contributed by atoms with Gasteiger partial charge in [0.1, 0.15) is 17.2 Å². The molecule has 158 valence electrons. The quantitative estimate of drug-likeness (QED) is 0.270. The number of hydrogen-bond donors (Lipinski definition) is 5. The number of anilines is 1. The standard InChI is InChI=1S/C20H25N7O3/c1-12(2)27(11-21)18(22)15-4-3-5-17(24-15)25-19(28)16-8-14-10-26(20(29)30)7-6-13(14)9-23-16/h3-5,8-9,11-12,20-22,29-30H,6-7,10H2,1-2H3,(H,24,25,28). The first-order valence-corrected chi connectivity index (χ1v) is 9.54. The molecule has 3 heterocycles. The molecular formula is C20H25N7O3. The van der Waals surface area contributed by atoms with Crippen molar-refractivity contribution in [3.63, 3.8) is 0 Å². The van der Waals surface area contributed by atoms with Crippen LogP contribution in [-0.4, -0.2) is 67.1 Å². The smallest absolute Gasteiger partial charge is 0.275 e. The van der Waals surface area contributed by atoms with E-state index in [4.69, 9.17) is 10.8 Å². The fourth-order valence-electron chi connectivity index (χ4n) is 3.20. The zero-order valence-corrected chi connectivity index (χ0v) is 16.8. The third-order valence-electron chi connectivity index (χ3n) is 4.87. The molecule has 0 aliphatic carbocycles. The number of rotatable bonds is 6. The van der Waals surface area contributed by atoms with Gasteiger partial charge in [-0.25, -0.2) is 4.98 Å². The Morgan fingerprint density at radius 3 is 2.73 bits per heavy atom. The van der Waals surface area contributed by atoms with Gasteiger partial charge in [-0.3, -0.25) is 25.5 Å². The number of hydrogen-bond acceptors (Lipinski definition) is 8. The number of nitrogens with one attached hydrogen (secondary N) is 3. The second-order valence-corrected chi connectivity index (χ2v) is 7.25. The molecule has 10 nitrogen and oxygen atoms in total. The van der Waals surface area contributed by atoms with E-state index in [0.717, 1.165) is 17.5 Å². The van der Waals surface area contributed by atoms with Gasteiger partial charge in [0, 0.05) is 25.3 Å².